The second-order valence-corrected chi connectivity index (χ2v) is 3.63. The monoisotopic (exact) mass is 193 g/mol. The highest BCUT2D eigenvalue weighted by Crippen LogP contribution is 2.25. The molecule has 2 N–H and O–H groups in total. The molecule has 3 nitrogen and oxygen atoms in total. The Balaban J connectivity index is 1.97. The Morgan fingerprint density at radius 3 is 2.86 bits per heavy atom. The molecule has 1 saturated carbocycles. The van der Waals surface area contributed by atoms with Crippen LogP contribution < -0.4 is 10.6 Å². The van der Waals surface area contributed by atoms with Gasteiger partial charge in [0.1, 0.15) is 5.75 Å². The maximum absolute atomic E-state index is 5.74. The second-order valence-electron chi connectivity index (χ2n) is 3.63. The zero-order valence-corrected chi connectivity index (χ0v) is 8.11. The fourth-order valence-electron chi connectivity index (χ4n) is 1.49. The van der Waals surface area contributed by atoms with Gasteiger partial charge in [-0.25, -0.2) is 5.90 Å². The van der Waals surface area contributed by atoms with Crippen molar-refractivity contribution in [2.75, 3.05) is 0 Å². The number of nitrogens with two attached hydrogens (primary N) is 1. The minimum absolute atomic E-state index is 0.420. The van der Waals surface area contributed by atoms with Crippen molar-refractivity contribution in [3.8, 4) is 5.75 Å². The molecular weight excluding hydrogens is 178 g/mol. The van der Waals surface area contributed by atoms with E-state index < -0.39 is 0 Å². The summed E-state index contributed by atoms with van der Waals surface area (Å²) < 4.78 is 5.74. The van der Waals surface area contributed by atoms with Crippen LogP contribution in [0.2, 0.25) is 0 Å². The van der Waals surface area contributed by atoms with Crippen LogP contribution in [0.4, 0.5) is 0 Å². The number of benzene rings is 1. The number of rotatable bonds is 4. The van der Waals surface area contributed by atoms with Crippen LogP contribution in [-0.4, -0.2) is 6.10 Å². The van der Waals surface area contributed by atoms with Gasteiger partial charge in [-0.3, -0.25) is 4.84 Å². The molecule has 0 saturated heterocycles. The fourth-order valence-corrected chi connectivity index (χ4v) is 1.49. The molecule has 76 valence electrons. The van der Waals surface area contributed by atoms with Crippen LogP contribution in [0.5, 0.6) is 5.75 Å². The quantitative estimate of drug-likeness (QED) is 0.744. The van der Waals surface area contributed by atoms with Crippen molar-refractivity contribution in [2.24, 2.45) is 5.90 Å². The van der Waals surface area contributed by atoms with Crippen LogP contribution >= 0.6 is 0 Å². The maximum Gasteiger partial charge on any atom is 0.120 e. The Hall–Kier alpha value is -1.06. The molecule has 3 heteroatoms. The van der Waals surface area contributed by atoms with E-state index in [1.54, 1.807) is 0 Å². The third kappa shape index (κ3) is 2.25. The van der Waals surface area contributed by atoms with Crippen LogP contribution in [0, 0.1) is 0 Å². The molecule has 0 spiro atoms. The van der Waals surface area contributed by atoms with Crippen molar-refractivity contribution >= 4 is 0 Å². The molecule has 1 aromatic carbocycles. The van der Waals surface area contributed by atoms with Gasteiger partial charge in [0.2, 0.25) is 0 Å². The van der Waals surface area contributed by atoms with E-state index in [4.69, 9.17) is 10.6 Å². The van der Waals surface area contributed by atoms with Gasteiger partial charge in [0, 0.05) is 0 Å². The minimum Gasteiger partial charge on any atom is -0.490 e. The van der Waals surface area contributed by atoms with Crippen molar-refractivity contribution in [2.45, 2.75) is 32.0 Å². The fraction of sp³-hybridized carbons (Fsp3) is 0.455. The first-order chi connectivity index (χ1) is 6.88. The van der Waals surface area contributed by atoms with Gasteiger partial charge in [0.05, 0.1) is 12.7 Å². The Labute approximate surface area is 83.8 Å². The van der Waals surface area contributed by atoms with Gasteiger partial charge in [-0.2, -0.15) is 0 Å². The first-order valence-corrected chi connectivity index (χ1v) is 4.96. The van der Waals surface area contributed by atoms with E-state index in [2.05, 4.69) is 4.84 Å². The van der Waals surface area contributed by atoms with E-state index in [-0.39, 0.29) is 0 Å². The lowest BCUT2D eigenvalue weighted by atomic mass is 9.96. The van der Waals surface area contributed by atoms with Crippen molar-refractivity contribution in [1.82, 2.24) is 0 Å². The molecule has 1 fully saturated rings. The molecule has 0 bridgehead atoms. The molecule has 1 aliphatic rings. The van der Waals surface area contributed by atoms with Crippen molar-refractivity contribution in [1.29, 1.82) is 0 Å². The summed E-state index contributed by atoms with van der Waals surface area (Å²) >= 11 is 0. The third-order valence-corrected chi connectivity index (χ3v) is 2.50. The molecule has 0 radical (unpaired) electrons. The van der Waals surface area contributed by atoms with Gasteiger partial charge in [-0.1, -0.05) is 12.1 Å². The summed E-state index contributed by atoms with van der Waals surface area (Å²) in [6.07, 6.45) is 4.06. The SMILES string of the molecule is NOCc1cccc(OC2CCC2)c1. The van der Waals surface area contributed by atoms with Gasteiger partial charge < -0.3 is 4.74 Å². The summed E-state index contributed by atoms with van der Waals surface area (Å²) in [6, 6.07) is 7.88. The Morgan fingerprint density at radius 2 is 2.21 bits per heavy atom. The van der Waals surface area contributed by atoms with Gasteiger partial charge in [0.15, 0.2) is 0 Å². The van der Waals surface area contributed by atoms with Gasteiger partial charge in [-0.15, -0.1) is 0 Å². The molecule has 0 aromatic heterocycles. The summed E-state index contributed by atoms with van der Waals surface area (Å²) in [5, 5.41) is 0. The number of hydrogen-bond acceptors (Lipinski definition) is 3. The van der Waals surface area contributed by atoms with Crippen LogP contribution in [0.15, 0.2) is 24.3 Å². The lowest BCUT2D eigenvalue weighted by molar-refractivity contribution is 0.116. The zero-order valence-electron chi connectivity index (χ0n) is 8.11. The maximum atomic E-state index is 5.74. The van der Waals surface area contributed by atoms with E-state index in [9.17, 15) is 0 Å². The van der Waals surface area contributed by atoms with Crippen LogP contribution in [0.1, 0.15) is 24.8 Å². The van der Waals surface area contributed by atoms with E-state index in [0.29, 0.717) is 12.7 Å². The predicted octanol–water partition coefficient (Wildman–Crippen LogP) is 2.01. The van der Waals surface area contributed by atoms with Gasteiger partial charge >= 0.3 is 0 Å². The van der Waals surface area contributed by atoms with Crippen molar-refractivity contribution in [3.05, 3.63) is 29.8 Å². The summed E-state index contributed by atoms with van der Waals surface area (Å²) in [6.45, 7) is 0.432. The topological polar surface area (TPSA) is 44.5 Å². The highest BCUT2D eigenvalue weighted by atomic mass is 16.6. The highest BCUT2D eigenvalue weighted by Gasteiger charge is 2.18. The molecule has 0 unspecified atom stereocenters. The minimum atomic E-state index is 0.420. The van der Waals surface area contributed by atoms with Gasteiger partial charge in [-0.05, 0) is 37.0 Å². The Bertz CT molecular complexity index is 297. The van der Waals surface area contributed by atoms with E-state index in [1.807, 2.05) is 24.3 Å². The average Bonchev–Trinajstić information content (AvgIpc) is 2.13. The molecule has 2 rings (SSSR count). The zero-order chi connectivity index (χ0) is 9.80. The Kier molecular flexibility index (Phi) is 3.01. The Morgan fingerprint density at radius 1 is 1.36 bits per heavy atom. The standard InChI is InChI=1S/C11H15NO2/c12-13-8-9-3-1-6-11(7-9)14-10-4-2-5-10/h1,3,6-7,10H,2,4-5,8,12H2. The van der Waals surface area contributed by atoms with Crippen LogP contribution in [0.3, 0.4) is 0 Å². The van der Waals surface area contributed by atoms with Crippen molar-refractivity contribution in [3.63, 3.8) is 0 Å². The molecule has 0 aliphatic heterocycles. The highest BCUT2D eigenvalue weighted by molar-refractivity contribution is 5.28. The van der Waals surface area contributed by atoms with E-state index in [0.717, 1.165) is 11.3 Å². The summed E-state index contributed by atoms with van der Waals surface area (Å²) in [5.74, 6) is 5.93. The lowest BCUT2D eigenvalue weighted by Gasteiger charge is -2.26. The first kappa shape index (κ1) is 9.49. The average molecular weight is 193 g/mol. The molecule has 0 amide bonds. The van der Waals surface area contributed by atoms with E-state index >= 15 is 0 Å². The predicted molar refractivity (Wildman–Crippen MR) is 53.7 cm³/mol. The van der Waals surface area contributed by atoms with Gasteiger partial charge in [0.25, 0.3) is 0 Å². The third-order valence-electron chi connectivity index (χ3n) is 2.50. The molecule has 1 aromatic rings. The van der Waals surface area contributed by atoms with E-state index in [1.165, 1.54) is 19.3 Å². The molecule has 14 heavy (non-hydrogen) atoms. The smallest absolute Gasteiger partial charge is 0.120 e. The normalized spacial score (nSPS) is 16.4. The summed E-state index contributed by atoms with van der Waals surface area (Å²) in [5.41, 5.74) is 1.05. The van der Waals surface area contributed by atoms with Crippen LogP contribution in [-0.2, 0) is 11.4 Å². The molecular formula is C11H15NO2. The van der Waals surface area contributed by atoms with Crippen molar-refractivity contribution < 1.29 is 9.57 Å². The summed E-state index contributed by atoms with van der Waals surface area (Å²) in [7, 11) is 0. The number of hydrogen-bond donors (Lipinski definition) is 1. The molecule has 0 atom stereocenters. The number of ether oxygens (including phenoxy) is 1. The van der Waals surface area contributed by atoms with Crippen LogP contribution in [0.25, 0.3) is 0 Å². The summed E-state index contributed by atoms with van der Waals surface area (Å²) in [4.78, 5) is 4.57. The first-order valence-electron chi connectivity index (χ1n) is 4.96. The molecule has 0 heterocycles. The molecule has 1 aliphatic carbocycles. The second kappa shape index (κ2) is 4.44. The largest absolute Gasteiger partial charge is 0.490 e. The lowest BCUT2D eigenvalue weighted by Crippen LogP contribution is -2.24.